The normalized spacial score (nSPS) is 12.0. The third-order valence-electron chi connectivity index (χ3n) is 3.79. The molecule has 2 aromatic heterocycles. The quantitative estimate of drug-likeness (QED) is 0.494. The summed E-state index contributed by atoms with van der Waals surface area (Å²) in [5.41, 5.74) is 4.69. The van der Waals surface area contributed by atoms with Crippen molar-refractivity contribution >= 4 is 34.3 Å². The van der Waals surface area contributed by atoms with Gasteiger partial charge in [0.25, 0.3) is 0 Å². The van der Waals surface area contributed by atoms with Crippen molar-refractivity contribution in [3.8, 4) is 0 Å². The van der Waals surface area contributed by atoms with E-state index in [1.807, 2.05) is 47.0 Å². The molecular formula is C20H19ClN4. The number of hydrogen-bond acceptors (Lipinski definition) is 3. The van der Waals surface area contributed by atoms with Gasteiger partial charge < -0.3 is 5.32 Å². The number of para-hydroxylation sites is 1. The second-order valence-electron chi connectivity index (χ2n) is 5.47. The topological polar surface area (TPSA) is 42.2 Å². The average molecular weight is 351 g/mol. The molecule has 5 heteroatoms. The van der Waals surface area contributed by atoms with E-state index in [9.17, 15) is 0 Å². The predicted octanol–water partition coefficient (Wildman–Crippen LogP) is 5.15. The number of allylic oxidation sites excluding steroid dienone is 5. The minimum Gasteiger partial charge on any atom is -0.339 e. The van der Waals surface area contributed by atoms with E-state index >= 15 is 0 Å². The number of alkyl halides is 1. The van der Waals surface area contributed by atoms with Gasteiger partial charge in [0.1, 0.15) is 11.5 Å². The second-order valence-corrected chi connectivity index (χ2v) is 5.78. The lowest BCUT2D eigenvalue weighted by molar-refractivity contribution is 1.13. The average Bonchev–Trinajstić information content (AvgIpc) is 2.99. The van der Waals surface area contributed by atoms with Crippen LogP contribution in [0.5, 0.6) is 0 Å². The number of imidazole rings is 1. The standard InChI is InChI=1S/C20H19ClN4/c1-3-7-16(9-6-11-21)19-20(23-17-10-5-4-8-15(17)2)25-13-12-22-14-18(25)24-19/h3-10,12-14,23H,1,11H2,2H3/b9-6-,16-7+. The van der Waals surface area contributed by atoms with Crippen LogP contribution in [0.2, 0.25) is 0 Å². The van der Waals surface area contributed by atoms with E-state index in [-0.39, 0.29) is 0 Å². The molecule has 126 valence electrons. The molecule has 0 atom stereocenters. The van der Waals surface area contributed by atoms with Gasteiger partial charge in [0.2, 0.25) is 0 Å². The number of nitrogens with zero attached hydrogens (tertiary/aromatic N) is 3. The van der Waals surface area contributed by atoms with Crippen molar-refractivity contribution in [3.05, 3.63) is 85.0 Å². The summed E-state index contributed by atoms with van der Waals surface area (Å²) in [5, 5.41) is 3.51. The molecule has 0 bridgehead atoms. The molecule has 0 aliphatic rings. The van der Waals surface area contributed by atoms with Gasteiger partial charge in [-0.3, -0.25) is 9.38 Å². The Morgan fingerprint density at radius 2 is 2.20 bits per heavy atom. The maximum absolute atomic E-state index is 5.81. The number of aryl methyl sites for hydroxylation is 1. The van der Waals surface area contributed by atoms with Gasteiger partial charge >= 0.3 is 0 Å². The van der Waals surface area contributed by atoms with Gasteiger partial charge in [-0.2, -0.15) is 0 Å². The Balaban J connectivity index is 2.18. The Hall–Kier alpha value is -2.85. The summed E-state index contributed by atoms with van der Waals surface area (Å²) in [6.45, 7) is 5.88. The first kappa shape index (κ1) is 17.0. The molecule has 0 aliphatic carbocycles. The Kier molecular flexibility index (Phi) is 5.31. The summed E-state index contributed by atoms with van der Waals surface area (Å²) in [6, 6.07) is 8.14. The number of hydrogen-bond donors (Lipinski definition) is 1. The number of fused-ring (bicyclic) bond motifs is 1. The van der Waals surface area contributed by atoms with Gasteiger partial charge in [-0.05, 0) is 18.6 Å². The Morgan fingerprint density at radius 3 is 2.96 bits per heavy atom. The SMILES string of the molecule is C=C/C=C(\C=C/CCl)c1nc2cnccn2c1Nc1ccccc1C. The summed E-state index contributed by atoms with van der Waals surface area (Å²) in [5.74, 6) is 1.31. The zero-order valence-corrected chi connectivity index (χ0v) is 14.7. The lowest BCUT2D eigenvalue weighted by Gasteiger charge is -2.11. The number of aromatic nitrogens is 3. The second kappa shape index (κ2) is 7.81. The molecule has 0 saturated carbocycles. The number of benzene rings is 1. The van der Waals surface area contributed by atoms with Crippen molar-refractivity contribution in [3.63, 3.8) is 0 Å². The van der Waals surface area contributed by atoms with Gasteiger partial charge in [-0.15, -0.1) is 11.6 Å². The van der Waals surface area contributed by atoms with Gasteiger partial charge in [0.05, 0.1) is 6.20 Å². The zero-order chi connectivity index (χ0) is 17.6. The number of nitrogens with one attached hydrogen (secondary N) is 1. The monoisotopic (exact) mass is 350 g/mol. The molecule has 2 heterocycles. The molecule has 25 heavy (non-hydrogen) atoms. The van der Waals surface area contributed by atoms with Crippen LogP contribution in [0.3, 0.4) is 0 Å². The van der Waals surface area contributed by atoms with Crippen molar-refractivity contribution in [1.29, 1.82) is 0 Å². The Labute approximate surface area is 152 Å². The molecule has 0 fully saturated rings. The predicted molar refractivity (Wildman–Crippen MR) is 105 cm³/mol. The zero-order valence-electron chi connectivity index (χ0n) is 14.0. The number of anilines is 2. The maximum atomic E-state index is 5.81. The highest BCUT2D eigenvalue weighted by atomic mass is 35.5. The Bertz CT molecular complexity index is 953. The highest BCUT2D eigenvalue weighted by Crippen LogP contribution is 2.29. The molecule has 3 aromatic rings. The largest absolute Gasteiger partial charge is 0.339 e. The van der Waals surface area contributed by atoms with E-state index in [1.54, 1.807) is 18.5 Å². The lowest BCUT2D eigenvalue weighted by atomic mass is 10.1. The highest BCUT2D eigenvalue weighted by Gasteiger charge is 2.15. The number of rotatable bonds is 6. The first-order valence-electron chi connectivity index (χ1n) is 7.95. The summed E-state index contributed by atoms with van der Waals surface area (Å²) < 4.78 is 1.99. The molecule has 0 aliphatic heterocycles. The molecule has 0 spiro atoms. The van der Waals surface area contributed by atoms with Gasteiger partial charge in [-0.25, -0.2) is 4.98 Å². The van der Waals surface area contributed by atoms with Crippen molar-refractivity contribution in [2.75, 3.05) is 11.2 Å². The number of halogens is 1. The van der Waals surface area contributed by atoms with Crippen LogP contribution in [-0.2, 0) is 0 Å². The van der Waals surface area contributed by atoms with E-state index in [2.05, 4.69) is 29.9 Å². The molecule has 1 aromatic carbocycles. The van der Waals surface area contributed by atoms with Crippen LogP contribution in [0.25, 0.3) is 11.2 Å². The fourth-order valence-electron chi connectivity index (χ4n) is 2.58. The van der Waals surface area contributed by atoms with E-state index in [1.165, 1.54) is 0 Å². The minimum atomic E-state index is 0.434. The van der Waals surface area contributed by atoms with Gasteiger partial charge in [-0.1, -0.05) is 49.1 Å². The molecule has 4 nitrogen and oxygen atoms in total. The van der Waals surface area contributed by atoms with Crippen LogP contribution in [0.4, 0.5) is 11.5 Å². The van der Waals surface area contributed by atoms with Crippen LogP contribution in [0, 0.1) is 6.92 Å². The van der Waals surface area contributed by atoms with E-state index in [0.29, 0.717) is 5.88 Å². The molecule has 1 N–H and O–H groups in total. The highest BCUT2D eigenvalue weighted by molar-refractivity contribution is 6.19. The van der Waals surface area contributed by atoms with Crippen LogP contribution < -0.4 is 5.32 Å². The van der Waals surface area contributed by atoms with Crippen molar-refractivity contribution in [1.82, 2.24) is 14.4 Å². The van der Waals surface area contributed by atoms with Crippen LogP contribution in [0.1, 0.15) is 11.3 Å². The van der Waals surface area contributed by atoms with Crippen molar-refractivity contribution in [2.45, 2.75) is 6.92 Å². The van der Waals surface area contributed by atoms with Gasteiger partial charge in [0, 0.05) is 29.5 Å². The molecule has 0 amide bonds. The third-order valence-corrected chi connectivity index (χ3v) is 3.96. The molecule has 0 unspecified atom stereocenters. The minimum absolute atomic E-state index is 0.434. The van der Waals surface area contributed by atoms with Crippen LogP contribution in [-0.4, -0.2) is 20.2 Å². The van der Waals surface area contributed by atoms with E-state index in [4.69, 9.17) is 16.6 Å². The molecular weight excluding hydrogens is 332 g/mol. The Morgan fingerprint density at radius 1 is 1.36 bits per heavy atom. The summed E-state index contributed by atoms with van der Waals surface area (Å²) in [6.07, 6.45) is 12.9. The summed E-state index contributed by atoms with van der Waals surface area (Å²) >= 11 is 5.81. The van der Waals surface area contributed by atoms with Crippen molar-refractivity contribution < 1.29 is 0 Å². The fraction of sp³-hybridized carbons (Fsp3) is 0.100. The maximum Gasteiger partial charge on any atom is 0.157 e. The van der Waals surface area contributed by atoms with Crippen LogP contribution in [0.15, 0.2) is 73.7 Å². The first-order valence-corrected chi connectivity index (χ1v) is 8.48. The molecule has 0 radical (unpaired) electrons. The third kappa shape index (κ3) is 3.64. The fourth-order valence-corrected chi connectivity index (χ4v) is 2.67. The van der Waals surface area contributed by atoms with Gasteiger partial charge in [0.15, 0.2) is 5.65 Å². The van der Waals surface area contributed by atoms with Crippen molar-refractivity contribution in [2.24, 2.45) is 0 Å². The first-order chi connectivity index (χ1) is 12.2. The molecule has 3 rings (SSSR count). The summed E-state index contributed by atoms with van der Waals surface area (Å²) in [4.78, 5) is 8.91. The molecule has 0 saturated heterocycles. The van der Waals surface area contributed by atoms with E-state index in [0.717, 1.165) is 34.0 Å². The lowest BCUT2D eigenvalue weighted by Crippen LogP contribution is -1.99. The summed E-state index contributed by atoms with van der Waals surface area (Å²) in [7, 11) is 0. The smallest absolute Gasteiger partial charge is 0.157 e. The van der Waals surface area contributed by atoms with E-state index < -0.39 is 0 Å². The van der Waals surface area contributed by atoms with Crippen LogP contribution >= 0.6 is 11.6 Å².